The summed E-state index contributed by atoms with van der Waals surface area (Å²) in [6, 6.07) is 3.68. The summed E-state index contributed by atoms with van der Waals surface area (Å²) in [7, 11) is 0. The fraction of sp³-hybridized carbons (Fsp3) is 0.333. The molecule has 4 nitrogen and oxygen atoms in total. The van der Waals surface area contributed by atoms with Crippen LogP contribution in [-0.4, -0.2) is 15.5 Å². The highest BCUT2D eigenvalue weighted by Gasteiger charge is 2.34. The van der Waals surface area contributed by atoms with Crippen LogP contribution in [0.25, 0.3) is 0 Å². The van der Waals surface area contributed by atoms with E-state index in [-0.39, 0.29) is 11.8 Å². The molecule has 1 aromatic heterocycles. The average molecular weight is 346 g/mol. The van der Waals surface area contributed by atoms with Crippen molar-refractivity contribution in [2.75, 3.05) is 10.6 Å². The van der Waals surface area contributed by atoms with Crippen molar-refractivity contribution in [3.8, 4) is 0 Å². The van der Waals surface area contributed by atoms with E-state index in [0.717, 1.165) is 18.2 Å². The van der Waals surface area contributed by atoms with Crippen LogP contribution in [0.15, 0.2) is 24.3 Å². The molecule has 0 fully saturated rings. The summed E-state index contributed by atoms with van der Waals surface area (Å²) in [6.07, 6.45) is -4.73. The fourth-order valence-corrected chi connectivity index (χ4v) is 1.79. The molecular formula is C15H15F5N4. The van der Waals surface area contributed by atoms with Crippen molar-refractivity contribution in [1.29, 1.82) is 0 Å². The Labute approximate surface area is 135 Å². The highest BCUT2D eigenvalue weighted by molar-refractivity contribution is 5.59. The number of alkyl halides is 3. The summed E-state index contributed by atoms with van der Waals surface area (Å²) in [6.45, 7) is 5.13. The maximum absolute atomic E-state index is 13.7. The monoisotopic (exact) mass is 346 g/mol. The Morgan fingerprint density at radius 2 is 1.54 bits per heavy atom. The lowest BCUT2D eigenvalue weighted by atomic mass is 10.1. The van der Waals surface area contributed by atoms with Crippen molar-refractivity contribution in [2.24, 2.45) is 0 Å². The van der Waals surface area contributed by atoms with Gasteiger partial charge in [0.1, 0.15) is 23.1 Å². The van der Waals surface area contributed by atoms with Gasteiger partial charge in [-0.25, -0.2) is 13.8 Å². The standard InChI is InChI=1S/C15H15F5N4/c1-14(2,3)24-13-21-10(15(18,19)20)7-11(23-13)22-12-8(16)5-4-6-9(12)17/h4-7H,1-3H3,(H2,21,22,23,24). The molecule has 0 spiro atoms. The SMILES string of the molecule is CC(C)(C)Nc1nc(Nc2c(F)cccc2F)cc(C(F)(F)F)n1. The third kappa shape index (κ3) is 4.53. The number of benzene rings is 1. The number of para-hydroxylation sites is 1. The molecule has 0 unspecified atom stereocenters. The van der Waals surface area contributed by atoms with Crippen LogP contribution in [0.4, 0.5) is 39.4 Å². The smallest absolute Gasteiger partial charge is 0.350 e. The third-order valence-electron chi connectivity index (χ3n) is 2.72. The first-order valence-electron chi connectivity index (χ1n) is 6.91. The molecule has 0 aliphatic rings. The van der Waals surface area contributed by atoms with Crippen LogP contribution >= 0.6 is 0 Å². The number of hydrogen-bond acceptors (Lipinski definition) is 4. The molecule has 0 radical (unpaired) electrons. The number of halogens is 5. The van der Waals surface area contributed by atoms with Gasteiger partial charge in [0, 0.05) is 11.6 Å². The minimum absolute atomic E-state index is 0.309. The summed E-state index contributed by atoms with van der Waals surface area (Å²) in [5.74, 6) is -2.59. The molecule has 0 aliphatic carbocycles. The molecule has 9 heteroatoms. The van der Waals surface area contributed by atoms with E-state index in [9.17, 15) is 22.0 Å². The van der Waals surface area contributed by atoms with Gasteiger partial charge in [-0.2, -0.15) is 18.2 Å². The van der Waals surface area contributed by atoms with Crippen molar-refractivity contribution in [1.82, 2.24) is 9.97 Å². The highest BCUT2D eigenvalue weighted by atomic mass is 19.4. The van der Waals surface area contributed by atoms with E-state index >= 15 is 0 Å². The number of rotatable bonds is 3. The summed E-state index contributed by atoms with van der Waals surface area (Å²) in [4.78, 5) is 7.24. The van der Waals surface area contributed by atoms with Gasteiger partial charge in [0.25, 0.3) is 0 Å². The van der Waals surface area contributed by atoms with E-state index < -0.39 is 34.7 Å². The highest BCUT2D eigenvalue weighted by Crippen LogP contribution is 2.31. The Balaban J connectivity index is 2.47. The van der Waals surface area contributed by atoms with Crippen LogP contribution in [0.5, 0.6) is 0 Å². The molecule has 0 aliphatic heterocycles. The first-order chi connectivity index (χ1) is 11.0. The van der Waals surface area contributed by atoms with Gasteiger partial charge in [-0.3, -0.25) is 0 Å². The predicted octanol–water partition coefficient (Wildman–Crippen LogP) is 4.73. The van der Waals surface area contributed by atoms with Crippen LogP contribution < -0.4 is 10.6 Å². The van der Waals surface area contributed by atoms with Gasteiger partial charge in [-0.05, 0) is 32.9 Å². The van der Waals surface area contributed by atoms with Gasteiger partial charge >= 0.3 is 6.18 Å². The van der Waals surface area contributed by atoms with Crippen molar-refractivity contribution in [3.63, 3.8) is 0 Å². The van der Waals surface area contributed by atoms with E-state index in [2.05, 4.69) is 20.6 Å². The van der Waals surface area contributed by atoms with Crippen LogP contribution in [0.1, 0.15) is 26.5 Å². The molecule has 2 rings (SSSR count). The quantitative estimate of drug-likeness (QED) is 0.789. The average Bonchev–Trinajstić information content (AvgIpc) is 2.40. The molecule has 0 bridgehead atoms. The molecule has 2 aromatic rings. The normalized spacial score (nSPS) is 12.2. The second kappa shape index (κ2) is 6.21. The molecule has 0 saturated carbocycles. The first-order valence-corrected chi connectivity index (χ1v) is 6.91. The summed E-state index contributed by atoms with van der Waals surface area (Å²) in [5, 5.41) is 4.94. The Hall–Kier alpha value is -2.45. The van der Waals surface area contributed by atoms with Gasteiger partial charge in [-0.1, -0.05) is 6.07 Å². The Morgan fingerprint density at radius 3 is 2.04 bits per heavy atom. The zero-order valence-corrected chi connectivity index (χ0v) is 13.1. The topological polar surface area (TPSA) is 49.8 Å². The fourth-order valence-electron chi connectivity index (χ4n) is 1.79. The van der Waals surface area contributed by atoms with Gasteiger partial charge in [0.15, 0.2) is 5.69 Å². The lowest BCUT2D eigenvalue weighted by Gasteiger charge is -2.21. The largest absolute Gasteiger partial charge is 0.433 e. The Morgan fingerprint density at radius 1 is 0.958 bits per heavy atom. The Bertz CT molecular complexity index is 717. The second-order valence-corrected chi connectivity index (χ2v) is 6.06. The number of hydrogen-bond donors (Lipinski definition) is 2. The molecule has 130 valence electrons. The first kappa shape index (κ1) is 17.9. The number of aromatic nitrogens is 2. The number of anilines is 3. The lowest BCUT2D eigenvalue weighted by molar-refractivity contribution is -0.141. The van der Waals surface area contributed by atoms with Crippen molar-refractivity contribution in [2.45, 2.75) is 32.5 Å². The minimum atomic E-state index is -4.73. The van der Waals surface area contributed by atoms with Gasteiger partial charge in [-0.15, -0.1) is 0 Å². The zero-order valence-electron chi connectivity index (χ0n) is 13.1. The molecule has 24 heavy (non-hydrogen) atoms. The van der Waals surface area contributed by atoms with Crippen LogP contribution in [0.2, 0.25) is 0 Å². The van der Waals surface area contributed by atoms with Crippen LogP contribution in [-0.2, 0) is 6.18 Å². The summed E-state index contributed by atoms with van der Waals surface area (Å²) >= 11 is 0. The van der Waals surface area contributed by atoms with Gasteiger partial charge < -0.3 is 10.6 Å². The van der Waals surface area contributed by atoms with E-state index in [1.165, 1.54) is 0 Å². The molecule has 1 heterocycles. The molecule has 0 amide bonds. The Kier molecular flexibility index (Phi) is 4.63. The summed E-state index contributed by atoms with van der Waals surface area (Å²) < 4.78 is 66.3. The number of nitrogens with one attached hydrogen (secondary N) is 2. The van der Waals surface area contributed by atoms with E-state index in [4.69, 9.17) is 0 Å². The maximum atomic E-state index is 13.7. The van der Waals surface area contributed by atoms with E-state index in [1.807, 2.05) is 0 Å². The van der Waals surface area contributed by atoms with Crippen LogP contribution in [0, 0.1) is 11.6 Å². The second-order valence-electron chi connectivity index (χ2n) is 6.06. The van der Waals surface area contributed by atoms with Crippen LogP contribution in [0.3, 0.4) is 0 Å². The lowest BCUT2D eigenvalue weighted by Crippen LogP contribution is -2.28. The molecule has 0 saturated heterocycles. The minimum Gasteiger partial charge on any atom is -0.350 e. The van der Waals surface area contributed by atoms with Crippen molar-refractivity contribution < 1.29 is 22.0 Å². The molecule has 2 N–H and O–H groups in total. The maximum Gasteiger partial charge on any atom is 0.433 e. The van der Waals surface area contributed by atoms with E-state index in [1.54, 1.807) is 20.8 Å². The molecule has 0 atom stereocenters. The third-order valence-corrected chi connectivity index (χ3v) is 2.72. The summed E-state index contributed by atoms with van der Waals surface area (Å²) in [5.41, 5.74) is -2.43. The molecule has 1 aromatic carbocycles. The predicted molar refractivity (Wildman–Crippen MR) is 80.1 cm³/mol. The number of nitrogens with zero attached hydrogens (tertiary/aromatic N) is 2. The van der Waals surface area contributed by atoms with Crippen molar-refractivity contribution >= 4 is 17.5 Å². The van der Waals surface area contributed by atoms with Crippen molar-refractivity contribution in [3.05, 3.63) is 41.6 Å². The van der Waals surface area contributed by atoms with Gasteiger partial charge in [0.2, 0.25) is 5.95 Å². The molecular weight excluding hydrogens is 331 g/mol. The zero-order chi connectivity index (χ0) is 18.1. The van der Waals surface area contributed by atoms with Gasteiger partial charge in [0.05, 0.1) is 0 Å². The van der Waals surface area contributed by atoms with E-state index in [0.29, 0.717) is 6.07 Å².